The predicted molar refractivity (Wildman–Crippen MR) is 55.0 cm³/mol. The van der Waals surface area contributed by atoms with E-state index in [1.165, 1.54) is 0 Å². The second-order valence-corrected chi connectivity index (χ2v) is 3.06. The molecule has 0 spiro atoms. The summed E-state index contributed by atoms with van der Waals surface area (Å²) < 4.78 is 15.2. The van der Waals surface area contributed by atoms with Gasteiger partial charge in [-0.25, -0.2) is 4.79 Å². The quantitative estimate of drug-likeness (QED) is 0.554. The number of rotatable bonds is 10. The van der Waals surface area contributed by atoms with Gasteiger partial charge in [0, 0.05) is 20.3 Å². The molecule has 90 valence electrons. The third kappa shape index (κ3) is 8.35. The van der Waals surface area contributed by atoms with Crippen LogP contribution < -0.4 is 0 Å². The molecule has 0 radical (unpaired) electrons. The van der Waals surface area contributed by atoms with Gasteiger partial charge in [0.05, 0.1) is 13.2 Å². The highest BCUT2D eigenvalue weighted by Crippen LogP contribution is 1.97. The van der Waals surface area contributed by atoms with Gasteiger partial charge >= 0.3 is 5.97 Å². The lowest BCUT2D eigenvalue weighted by Crippen LogP contribution is -2.24. The van der Waals surface area contributed by atoms with Crippen molar-refractivity contribution in [1.29, 1.82) is 0 Å². The maximum atomic E-state index is 10.6. The first-order chi connectivity index (χ1) is 7.22. The SMILES string of the molecule is CCC(OCCOCCCOC)C(=O)O. The van der Waals surface area contributed by atoms with E-state index in [0.29, 0.717) is 32.8 Å². The van der Waals surface area contributed by atoms with Crippen molar-refractivity contribution < 1.29 is 24.1 Å². The van der Waals surface area contributed by atoms with Crippen molar-refractivity contribution in [2.75, 3.05) is 33.5 Å². The summed E-state index contributed by atoms with van der Waals surface area (Å²) in [5.41, 5.74) is 0. The van der Waals surface area contributed by atoms with E-state index in [0.717, 1.165) is 6.42 Å². The zero-order valence-corrected chi connectivity index (χ0v) is 9.40. The number of ether oxygens (including phenoxy) is 3. The van der Waals surface area contributed by atoms with Crippen LogP contribution in [-0.2, 0) is 19.0 Å². The van der Waals surface area contributed by atoms with Crippen LogP contribution >= 0.6 is 0 Å². The summed E-state index contributed by atoms with van der Waals surface area (Å²) in [7, 11) is 1.64. The number of hydrogen-bond acceptors (Lipinski definition) is 4. The number of carboxylic acids is 1. The molecule has 1 unspecified atom stereocenters. The summed E-state index contributed by atoms with van der Waals surface area (Å²) in [6.45, 7) is 3.80. The van der Waals surface area contributed by atoms with Gasteiger partial charge in [-0.2, -0.15) is 0 Å². The lowest BCUT2D eigenvalue weighted by molar-refractivity contribution is -0.151. The van der Waals surface area contributed by atoms with Gasteiger partial charge in [-0.15, -0.1) is 0 Å². The molecule has 5 heteroatoms. The summed E-state index contributed by atoms with van der Waals surface area (Å²) in [5.74, 6) is -0.920. The fourth-order valence-corrected chi connectivity index (χ4v) is 1.02. The number of carbonyl (C=O) groups is 1. The Morgan fingerprint density at radius 1 is 1.27 bits per heavy atom. The van der Waals surface area contributed by atoms with Crippen LogP contribution in [0.5, 0.6) is 0 Å². The molecule has 0 aliphatic carbocycles. The van der Waals surface area contributed by atoms with E-state index in [4.69, 9.17) is 19.3 Å². The maximum Gasteiger partial charge on any atom is 0.332 e. The third-order valence-electron chi connectivity index (χ3n) is 1.83. The summed E-state index contributed by atoms with van der Waals surface area (Å²) in [6.07, 6.45) is 0.596. The van der Waals surface area contributed by atoms with E-state index in [1.807, 2.05) is 0 Å². The van der Waals surface area contributed by atoms with Crippen LogP contribution in [0.15, 0.2) is 0 Å². The van der Waals surface area contributed by atoms with Gasteiger partial charge in [-0.05, 0) is 12.8 Å². The van der Waals surface area contributed by atoms with Gasteiger partial charge in [-0.3, -0.25) is 0 Å². The third-order valence-corrected chi connectivity index (χ3v) is 1.83. The molecule has 0 saturated heterocycles. The fraction of sp³-hybridized carbons (Fsp3) is 0.900. The summed E-state index contributed by atoms with van der Waals surface area (Å²) >= 11 is 0. The van der Waals surface area contributed by atoms with Crippen molar-refractivity contribution in [3.63, 3.8) is 0 Å². The van der Waals surface area contributed by atoms with Gasteiger partial charge in [0.15, 0.2) is 6.10 Å². The second kappa shape index (κ2) is 9.89. The molecule has 0 heterocycles. The standard InChI is InChI=1S/C10H20O5/c1-3-9(10(11)12)15-8-7-14-6-4-5-13-2/h9H,3-8H2,1-2H3,(H,11,12). The molecule has 0 fully saturated rings. The molecule has 0 amide bonds. The van der Waals surface area contributed by atoms with Crippen LogP contribution in [0, 0.1) is 0 Å². The van der Waals surface area contributed by atoms with Crippen molar-refractivity contribution in [2.45, 2.75) is 25.9 Å². The molecule has 0 aliphatic rings. The minimum Gasteiger partial charge on any atom is -0.479 e. The summed E-state index contributed by atoms with van der Waals surface area (Å²) in [5, 5.41) is 8.66. The first kappa shape index (κ1) is 14.3. The highest BCUT2D eigenvalue weighted by molar-refractivity contribution is 5.72. The van der Waals surface area contributed by atoms with Crippen LogP contribution in [-0.4, -0.2) is 50.7 Å². The Kier molecular flexibility index (Phi) is 9.46. The van der Waals surface area contributed by atoms with Crippen molar-refractivity contribution in [3.05, 3.63) is 0 Å². The first-order valence-electron chi connectivity index (χ1n) is 5.13. The lowest BCUT2D eigenvalue weighted by atomic mass is 10.3. The van der Waals surface area contributed by atoms with Gasteiger partial charge in [0.25, 0.3) is 0 Å². The normalized spacial score (nSPS) is 12.7. The molecule has 5 nitrogen and oxygen atoms in total. The Morgan fingerprint density at radius 3 is 2.53 bits per heavy atom. The highest BCUT2D eigenvalue weighted by Gasteiger charge is 2.14. The molecule has 0 aromatic rings. The molecule has 0 rings (SSSR count). The van der Waals surface area contributed by atoms with E-state index in [-0.39, 0.29) is 0 Å². The zero-order chi connectivity index (χ0) is 11.5. The monoisotopic (exact) mass is 220 g/mol. The van der Waals surface area contributed by atoms with Crippen molar-refractivity contribution in [3.8, 4) is 0 Å². The molecular weight excluding hydrogens is 200 g/mol. The largest absolute Gasteiger partial charge is 0.479 e. The minimum absolute atomic E-state index is 0.317. The minimum atomic E-state index is -0.920. The van der Waals surface area contributed by atoms with E-state index >= 15 is 0 Å². The first-order valence-corrected chi connectivity index (χ1v) is 5.13. The number of aliphatic carboxylic acids is 1. The molecule has 0 aliphatic heterocycles. The average Bonchev–Trinajstić information content (AvgIpc) is 2.21. The molecular formula is C10H20O5. The molecule has 0 aromatic carbocycles. The van der Waals surface area contributed by atoms with Gasteiger partial charge in [-0.1, -0.05) is 6.92 Å². The Morgan fingerprint density at radius 2 is 2.00 bits per heavy atom. The highest BCUT2D eigenvalue weighted by atomic mass is 16.5. The lowest BCUT2D eigenvalue weighted by Gasteiger charge is -2.11. The molecule has 0 bridgehead atoms. The molecule has 15 heavy (non-hydrogen) atoms. The van der Waals surface area contributed by atoms with E-state index in [9.17, 15) is 4.79 Å². The van der Waals surface area contributed by atoms with E-state index < -0.39 is 12.1 Å². The smallest absolute Gasteiger partial charge is 0.332 e. The number of carboxylic acid groups (broad SMARTS) is 1. The van der Waals surface area contributed by atoms with Crippen molar-refractivity contribution in [2.24, 2.45) is 0 Å². The molecule has 1 atom stereocenters. The van der Waals surface area contributed by atoms with Crippen molar-refractivity contribution >= 4 is 5.97 Å². The number of methoxy groups -OCH3 is 1. The molecule has 1 N–H and O–H groups in total. The van der Waals surface area contributed by atoms with Crippen LogP contribution in [0.2, 0.25) is 0 Å². The molecule has 0 aromatic heterocycles. The van der Waals surface area contributed by atoms with Gasteiger partial charge in [0.1, 0.15) is 0 Å². The summed E-state index contributed by atoms with van der Waals surface area (Å²) in [6, 6.07) is 0. The topological polar surface area (TPSA) is 65.0 Å². The Hall–Kier alpha value is -0.650. The predicted octanol–water partition coefficient (Wildman–Crippen LogP) is 0.919. The van der Waals surface area contributed by atoms with Gasteiger partial charge in [0.2, 0.25) is 0 Å². The summed E-state index contributed by atoms with van der Waals surface area (Å²) in [4.78, 5) is 10.6. The second-order valence-electron chi connectivity index (χ2n) is 3.06. The van der Waals surface area contributed by atoms with Crippen LogP contribution in [0.25, 0.3) is 0 Å². The van der Waals surface area contributed by atoms with Gasteiger partial charge < -0.3 is 19.3 Å². The Bertz CT molecular complexity index is 160. The number of hydrogen-bond donors (Lipinski definition) is 1. The molecule has 0 saturated carbocycles. The van der Waals surface area contributed by atoms with Crippen molar-refractivity contribution in [1.82, 2.24) is 0 Å². The van der Waals surface area contributed by atoms with E-state index in [1.54, 1.807) is 14.0 Å². The van der Waals surface area contributed by atoms with Crippen LogP contribution in [0.1, 0.15) is 19.8 Å². The fourth-order valence-electron chi connectivity index (χ4n) is 1.02. The Labute approximate surface area is 90.3 Å². The average molecular weight is 220 g/mol. The van der Waals surface area contributed by atoms with E-state index in [2.05, 4.69) is 0 Å². The Balaban J connectivity index is 3.25. The zero-order valence-electron chi connectivity index (χ0n) is 9.40. The maximum absolute atomic E-state index is 10.6. The van der Waals surface area contributed by atoms with Crippen LogP contribution in [0.4, 0.5) is 0 Å². The van der Waals surface area contributed by atoms with Crippen LogP contribution in [0.3, 0.4) is 0 Å².